The largest absolute Gasteiger partial charge is 0.290 e. The van der Waals surface area contributed by atoms with Gasteiger partial charge in [-0.15, -0.1) is 0 Å². The first-order valence-electron chi connectivity index (χ1n) is 6.67. The van der Waals surface area contributed by atoms with Crippen molar-refractivity contribution in [3.05, 3.63) is 29.8 Å². The maximum atomic E-state index is 12.4. The molecule has 110 valence electrons. The first-order valence-corrected chi connectivity index (χ1v) is 8.16. The molecule has 1 aliphatic heterocycles. The van der Waals surface area contributed by atoms with Crippen LogP contribution in [0, 0.1) is 22.7 Å². The van der Waals surface area contributed by atoms with E-state index in [2.05, 4.69) is 10.8 Å². The van der Waals surface area contributed by atoms with Crippen molar-refractivity contribution >= 4 is 10.0 Å². The lowest BCUT2D eigenvalue weighted by atomic mass is 10.1. The summed E-state index contributed by atoms with van der Waals surface area (Å²) >= 11 is 0. The smallest absolute Gasteiger partial charge is 0.242 e. The van der Waals surface area contributed by atoms with Crippen molar-refractivity contribution in [3.63, 3.8) is 0 Å². The Labute approximate surface area is 124 Å². The minimum Gasteiger partial charge on any atom is -0.290 e. The number of hydrogen-bond donors (Lipinski definition) is 1. The summed E-state index contributed by atoms with van der Waals surface area (Å²) in [5, 5.41) is 17.6. The van der Waals surface area contributed by atoms with Gasteiger partial charge in [-0.1, -0.05) is 12.1 Å². The van der Waals surface area contributed by atoms with Gasteiger partial charge in [-0.05, 0) is 25.0 Å². The van der Waals surface area contributed by atoms with Crippen molar-refractivity contribution in [1.29, 1.82) is 10.5 Å². The lowest BCUT2D eigenvalue weighted by molar-refractivity contribution is 0.229. The van der Waals surface area contributed by atoms with Gasteiger partial charge in [0.15, 0.2) is 0 Å². The Morgan fingerprint density at radius 2 is 1.90 bits per heavy atom. The molecule has 0 saturated carbocycles. The molecule has 1 N–H and O–H groups in total. The van der Waals surface area contributed by atoms with Crippen molar-refractivity contribution < 1.29 is 8.42 Å². The number of nitrogens with zero attached hydrogens (tertiary/aromatic N) is 3. The molecule has 1 aromatic carbocycles. The first-order chi connectivity index (χ1) is 10.1. The topological polar surface area (TPSA) is 97.0 Å². The van der Waals surface area contributed by atoms with E-state index in [9.17, 15) is 8.42 Å². The zero-order chi connectivity index (χ0) is 15.3. The summed E-state index contributed by atoms with van der Waals surface area (Å²) in [6, 6.07) is 10.0. The third kappa shape index (κ3) is 3.79. The minimum absolute atomic E-state index is 0.0203. The van der Waals surface area contributed by atoms with Crippen LogP contribution in [0.4, 0.5) is 0 Å². The van der Waals surface area contributed by atoms with Crippen molar-refractivity contribution in [1.82, 2.24) is 9.62 Å². The molecular formula is C14H16N4O2S. The van der Waals surface area contributed by atoms with Crippen LogP contribution in [0.2, 0.25) is 0 Å². The molecule has 1 fully saturated rings. The van der Waals surface area contributed by atoms with E-state index in [0.717, 1.165) is 0 Å². The van der Waals surface area contributed by atoms with Gasteiger partial charge in [0.1, 0.15) is 6.07 Å². The summed E-state index contributed by atoms with van der Waals surface area (Å²) in [5.74, 6) is 0. The molecule has 1 aliphatic rings. The maximum Gasteiger partial charge on any atom is 0.242 e. The standard InChI is InChI=1S/C14H16N4O2S/c15-7-10-18-8-5-13(6-9-18)17-21(19,20)14-4-2-1-3-12(14)11-16/h1-4,13,17H,5-6,8-10H2. The van der Waals surface area contributed by atoms with E-state index >= 15 is 0 Å². The van der Waals surface area contributed by atoms with E-state index in [1.54, 1.807) is 12.1 Å². The van der Waals surface area contributed by atoms with E-state index < -0.39 is 10.0 Å². The van der Waals surface area contributed by atoms with E-state index in [0.29, 0.717) is 32.5 Å². The number of benzene rings is 1. The van der Waals surface area contributed by atoms with Gasteiger partial charge in [-0.25, -0.2) is 13.1 Å². The molecule has 21 heavy (non-hydrogen) atoms. The Kier molecular flexibility index (Phi) is 4.92. The average molecular weight is 304 g/mol. The van der Waals surface area contributed by atoms with Crippen LogP contribution in [0.15, 0.2) is 29.2 Å². The molecule has 0 bridgehead atoms. The van der Waals surface area contributed by atoms with Crippen LogP contribution >= 0.6 is 0 Å². The van der Waals surface area contributed by atoms with Crippen LogP contribution in [0.5, 0.6) is 0 Å². The summed E-state index contributed by atoms with van der Waals surface area (Å²) in [6.45, 7) is 1.76. The van der Waals surface area contributed by atoms with Crippen LogP contribution in [-0.4, -0.2) is 39.0 Å². The average Bonchev–Trinajstić information content (AvgIpc) is 2.49. The lowest BCUT2D eigenvalue weighted by Crippen LogP contribution is -2.44. The molecule has 2 rings (SSSR count). The number of likely N-dealkylation sites (tertiary alicyclic amines) is 1. The number of sulfonamides is 1. The van der Waals surface area contributed by atoms with Crippen molar-refractivity contribution in [2.45, 2.75) is 23.8 Å². The van der Waals surface area contributed by atoms with Gasteiger partial charge in [0.25, 0.3) is 0 Å². The van der Waals surface area contributed by atoms with Gasteiger partial charge in [0, 0.05) is 19.1 Å². The molecule has 0 amide bonds. The highest BCUT2D eigenvalue weighted by Gasteiger charge is 2.25. The Bertz CT molecular complexity index is 680. The summed E-state index contributed by atoms with van der Waals surface area (Å²) in [4.78, 5) is 2.01. The third-order valence-corrected chi connectivity index (χ3v) is 5.08. The second-order valence-corrected chi connectivity index (χ2v) is 6.62. The summed E-state index contributed by atoms with van der Waals surface area (Å²) in [7, 11) is -3.69. The van der Waals surface area contributed by atoms with Gasteiger partial charge < -0.3 is 0 Å². The second-order valence-electron chi connectivity index (χ2n) is 4.94. The Morgan fingerprint density at radius 3 is 2.52 bits per heavy atom. The van der Waals surface area contributed by atoms with Crippen molar-refractivity contribution in [2.75, 3.05) is 19.6 Å². The molecule has 0 unspecified atom stereocenters. The molecule has 6 nitrogen and oxygen atoms in total. The highest BCUT2D eigenvalue weighted by Crippen LogP contribution is 2.17. The molecule has 1 saturated heterocycles. The van der Waals surface area contributed by atoms with Crippen LogP contribution < -0.4 is 4.72 Å². The zero-order valence-electron chi connectivity index (χ0n) is 11.5. The number of piperidine rings is 1. The Hall–Kier alpha value is -1.93. The van der Waals surface area contributed by atoms with Crippen molar-refractivity contribution in [2.24, 2.45) is 0 Å². The van der Waals surface area contributed by atoms with Gasteiger partial charge in [0.2, 0.25) is 10.0 Å². The number of nitriles is 2. The molecule has 1 heterocycles. The Balaban J connectivity index is 2.06. The van der Waals surface area contributed by atoms with Crippen molar-refractivity contribution in [3.8, 4) is 12.1 Å². The highest BCUT2D eigenvalue weighted by atomic mass is 32.2. The number of nitrogens with one attached hydrogen (secondary N) is 1. The van der Waals surface area contributed by atoms with Gasteiger partial charge >= 0.3 is 0 Å². The molecule has 0 atom stereocenters. The lowest BCUT2D eigenvalue weighted by Gasteiger charge is -2.30. The predicted octanol–water partition coefficient (Wildman–Crippen LogP) is 0.825. The van der Waals surface area contributed by atoms with Crippen LogP contribution in [0.3, 0.4) is 0 Å². The normalized spacial score (nSPS) is 17.0. The van der Waals surface area contributed by atoms with Gasteiger partial charge in [-0.2, -0.15) is 10.5 Å². The minimum atomic E-state index is -3.69. The molecular weight excluding hydrogens is 288 g/mol. The molecule has 0 aromatic heterocycles. The highest BCUT2D eigenvalue weighted by molar-refractivity contribution is 7.89. The zero-order valence-corrected chi connectivity index (χ0v) is 12.3. The first kappa shape index (κ1) is 15.5. The predicted molar refractivity (Wildman–Crippen MR) is 76.6 cm³/mol. The van der Waals surface area contributed by atoms with Gasteiger partial charge in [-0.3, -0.25) is 4.90 Å². The summed E-state index contributed by atoms with van der Waals surface area (Å²) in [6.07, 6.45) is 1.32. The SMILES string of the molecule is N#CCN1CCC(NS(=O)(=O)c2ccccc2C#N)CC1. The van der Waals surface area contributed by atoms with E-state index in [4.69, 9.17) is 10.5 Å². The van der Waals surface area contributed by atoms with E-state index in [1.165, 1.54) is 12.1 Å². The quantitative estimate of drug-likeness (QED) is 0.831. The number of rotatable bonds is 4. The summed E-state index contributed by atoms with van der Waals surface area (Å²) in [5.41, 5.74) is 0.145. The second kappa shape index (κ2) is 6.68. The van der Waals surface area contributed by atoms with Gasteiger partial charge in [0.05, 0.1) is 23.1 Å². The van der Waals surface area contributed by atoms with Crippen LogP contribution in [0.1, 0.15) is 18.4 Å². The monoisotopic (exact) mass is 304 g/mol. The third-order valence-electron chi connectivity index (χ3n) is 3.50. The Morgan fingerprint density at radius 1 is 1.24 bits per heavy atom. The molecule has 7 heteroatoms. The molecule has 0 spiro atoms. The number of hydrogen-bond acceptors (Lipinski definition) is 5. The van der Waals surface area contributed by atoms with E-state index in [-0.39, 0.29) is 16.5 Å². The van der Waals surface area contributed by atoms with Crippen LogP contribution in [-0.2, 0) is 10.0 Å². The fraction of sp³-hybridized carbons (Fsp3) is 0.429. The maximum absolute atomic E-state index is 12.4. The molecule has 1 aromatic rings. The van der Waals surface area contributed by atoms with E-state index in [1.807, 2.05) is 11.0 Å². The fourth-order valence-corrected chi connectivity index (χ4v) is 3.85. The molecule has 0 radical (unpaired) electrons. The summed E-state index contributed by atoms with van der Waals surface area (Å²) < 4.78 is 27.4. The van der Waals surface area contributed by atoms with Crippen LogP contribution in [0.25, 0.3) is 0 Å². The fourth-order valence-electron chi connectivity index (χ4n) is 2.39. The molecule has 0 aliphatic carbocycles.